The van der Waals surface area contributed by atoms with E-state index < -0.39 is 23.7 Å². The molecule has 0 aliphatic carbocycles. The lowest BCUT2D eigenvalue weighted by Gasteiger charge is -2.12. The number of aryl methyl sites for hydroxylation is 1. The smallest absolute Gasteiger partial charge is 0.254 e. The maximum atomic E-state index is 13.4. The quantitative estimate of drug-likeness (QED) is 0.825. The predicted molar refractivity (Wildman–Crippen MR) is 61.9 cm³/mol. The first-order valence-electron chi connectivity index (χ1n) is 5.25. The topological polar surface area (TPSA) is 72.2 Å². The van der Waals surface area contributed by atoms with E-state index in [-0.39, 0.29) is 12.0 Å². The van der Waals surface area contributed by atoms with Crippen molar-refractivity contribution in [2.45, 2.75) is 26.3 Å². The number of primary amides is 1. The average molecular weight is 238 g/mol. The van der Waals surface area contributed by atoms with Gasteiger partial charge in [-0.25, -0.2) is 4.39 Å². The van der Waals surface area contributed by atoms with E-state index in [1.165, 1.54) is 12.1 Å². The van der Waals surface area contributed by atoms with Gasteiger partial charge in [0.05, 0.1) is 5.56 Å². The van der Waals surface area contributed by atoms with Crippen LogP contribution in [0.5, 0.6) is 0 Å². The van der Waals surface area contributed by atoms with Crippen molar-refractivity contribution in [1.82, 2.24) is 5.32 Å². The second-order valence-corrected chi connectivity index (χ2v) is 4.03. The zero-order valence-electron chi connectivity index (χ0n) is 9.79. The van der Waals surface area contributed by atoms with Crippen LogP contribution < -0.4 is 11.1 Å². The molecule has 0 saturated carbocycles. The van der Waals surface area contributed by atoms with Gasteiger partial charge in [0.15, 0.2) is 0 Å². The van der Waals surface area contributed by atoms with Gasteiger partial charge in [0.25, 0.3) is 5.91 Å². The molecule has 0 spiro atoms. The molecule has 17 heavy (non-hydrogen) atoms. The van der Waals surface area contributed by atoms with Crippen molar-refractivity contribution in [2.75, 3.05) is 0 Å². The summed E-state index contributed by atoms with van der Waals surface area (Å²) in [5, 5.41) is 2.52. The molecule has 0 aliphatic heterocycles. The van der Waals surface area contributed by atoms with Crippen LogP contribution in [0.3, 0.4) is 0 Å². The van der Waals surface area contributed by atoms with E-state index in [4.69, 9.17) is 5.73 Å². The van der Waals surface area contributed by atoms with Gasteiger partial charge in [0, 0.05) is 12.5 Å². The van der Waals surface area contributed by atoms with Gasteiger partial charge in [0.2, 0.25) is 5.91 Å². The third kappa shape index (κ3) is 3.86. The standard InChI is InChI=1S/C12H15FN2O2/c1-7-3-4-10(13)9(5-7)12(17)15-8(2)6-11(14)16/h3-5,8H,6H2,1-2H3,(H2,14,16)(H,15,17). The first kappa shape index (κ1) is 13.2. The van der Waals surface area contributed by atoms with Crippen molar-refractivity contribution in [3.63, 3.8) is 0 Å². The van der Waals surface area contributed by atoms with Crippen LogP contribution in [-0.2, 0) is 4.79 Å². The number of nitrogens with two attached hydrogens (primary N) is 1. The van der Waals surface area contributed by atoms with Crippen molar-refractivity contribution in [3.05, 3.63) is 35.1 Å². The molecule has 0 saturated heterocycles. The Morgan fingerprint density at radius 3 is 2.71 bits per heavy atom. The highest BCUT2D eigenvalue weighted by Crippen LogP contribution is 2.10. The number of halogens is 1. The Kier molecular flexibility index (Phi) is 4.20. The second-order valence-electron chi connectivity index (χ2n) is 4.03. The maximum Gasteiger partial charge on any atom is 0.254 e. The summed E-state index contributed by atoms with van der Waals surface area (Å²) in [7, 11) is 0. The molecule has 0 heterocycles. The van der Waals surface area contributed by atoms with E-state index in [0.717, 1.165) is 5.56 Å². The normalized spacial score (nSPS) is 11.9. The number of carbonyl (C=O) groups is 2. The number of amides is 2. The van der Waals surface area contributed by atoms with Crippen LogP contribution in [0.4, 0.5) is 4.39 Å². The van der Waals surface area contributed by atoms with E-state index in [2.05, 4.69) is 5.32 Å². The lowest BCUT2D eigenvalue weighted by molar-refractivity contribution is -0.118. The minimum atomic E-state index is -0.584. The Bertz CT molecular complexity index is 446. The summed E-state index contributed by atoms with van der Waals surface area (Å²) in [6.45, 7) is 3.40. The van der Waals surface area contributed by atoms with Crippen molar-refractivity contribution in [2.24, 2.45) is 5.73 Å². The molecule has 0 aromatic heterocycles. The van der Waals surface area contributed by atoms with Crippen LogP contribution in [-0.4, -0.2) is 17.9 Å². The van der Waals surface area contributed by atoms with Gasteiger partial charge in [-0.3, -0.25) is 9.59 Å². The summed E-state index contributed by atoms with van der Waals surface area (Å²) in [5.41, 5.74) is 5.76. The zero-order chi connectivity index (χ0) is 13.0. The van der Waals surface area contributed by atoms with Crippen LogP contribution in [0.25, 0.3) is 0 Å². The Balaban J connectivity index is 2.76. The van der Waals surface area contributed by atoms with Crippen LogP contribution in [0.1, 0.15) is 29.3 Å². The summed E-state index contributed by atoms with van der Waals surface area (Å²) < 4.78 is 13.4. The van der Waals surface area contributed by atoms with Crippen LogP contribution in [0.15, 0.2) is 18.2 Å². The van der Waals surface area contributed by atoms with E-state index in [1.54, 1.807) is 19.9 Å². The van der Waals surface area contributed by atoms with E-state index in [1.807, 2.05) is 0 Å². The molecular formula is C12H15FN2O2. The van der Waals surface area contributed by atoms with Crippen LogP contribution >= 0.6 is 0 Å². The molecule has 1 aromatic carbocycles. The van der Waals surface area contributed by atoms with Crippen LogP contribution in [0.2, 0.25) is 0 Å². The molecule has 0 radical (unpaired) electrons. The van der Waals surface area contributed by atoms with Gasteiger partial charge in [-0.15, -0.1) is 0 Å². The van der Waals surface area contributed by atoms with Gasteiger partial charge in [0.1, 0.15) is 5.82 Å². The summed E-state index contributed by atoms with van der Waals surface area (Å²) in [5.74, 6) is -1.64. The Morgan fingerprint density at radius 1 is 1.47 bits per heavy atom. The number of hydrogen-bond acceptors (Lipinski definition) is 2. The third-order valence-corrected chi connectivity index (χ3v) is 2.25. The van der Waals surface area contributed by atoms with Gasteiger partial charge >= 0.3 is 0 Å². The molecule has 3 N–H and O–H groups in total. The summed E-state index contributed by atoms with van der Waals surface area (Å²) in [6, 6.07) is 3.86. The molecule has 4 nitrogen and oxygen atoms in total. The van der Waals surface area contributed by atoms with Crippen molar-refractivity contribution in [3.8, 4) is 0 Å². The number of carbonyl (C=O) groups excluding carboxylic acids is 2. The molecule has 2 amide bonds. The Hall–Kier alpha value is -1.91. The fraction of sp³-hybridized carbons (Fsp3) is 0.333. The fourth-order valence-electron chi connectivity index (χ4n) is 1.47. The molecule has 1 unspecified atom stereocenters. The van der Waals surface area contributed by atoms with Gasteiger partial charge in [-0.1, -0.05) is 11.6 Å². The molecular weight excluding hydrogens is 223 g/mol. The zero-order valence-corrected chi connectivity index (χ0v) is 9.79. The fourth-order valence-corrected chi connectivity index (χ4v) is 1.47. The lowest BCUT2D eigenvalue weighted by atomic mass is 10.1. The summed E-state index contributed by atoms with van der Waals surface area (Å²) in [6.07, 6.45) is 0.0270. The number of nitrogens with one attached hydrogen (secondary N) is 1. The largest absolute Gasteiger partial charge is 0.370 e. The van der Waals surface area contributed by atoms with E-state index >= 15 is 0 Å². The van der Waals surface area contributed by atoms with Crippen LogP contribution in [0, 0.1) is 12.7 Å². The van der Waals surface area contributed by atoms with E-state index in [9.17, 15) is 14.0 Å². The molecule has 0 fully saturated rings. The van der Waals surface area contributed by atoms with Gasteiger partial charge in [-0.05, 0) is 26.0 Å². The SMILES string of the molecule is Cc1ccc(F)c(C(=O)NC(C)CC(N)=O)c1. The number of rotatable bonds is 4. The Labute approximate surface area is 99.0 Å². The molecule has 5 heteroatoms. The van der Waals surface area contributed by atoms with E-state index in [0.29, 0.717) is 0 Å². The van der Waals surface area contributed by atoms with Crippen molar-refractivity contribution in [1.29, 1.82) is 0 Å². The minimum Gasteiger partial charge on any atom is -0.370 e. The third-order valence-electron chi connectivity index (χ3n) is 2.25. The molecule has 1 atom stereocenters. The summed E-state index contributed by atoms with van der Waals surface area (Å²) >= 11 is 0. The molecule has 1 rings (SSSR count). The predicted octanol–water partition coefficient (Wildman–Crippen LogP) is 1.13. The first-order valence-corrected chi connectivity index (χ1v) is 5.25. The second kappa shape index (κ2) is 5.43. The number of benzene rings is 1. The minimum absolute atomic E-state index is 0.0266. The molecule has 92 valence electrons. The first-order chi connectivity index (χ1) is 7.90. The van der Waals surface area contributed by atoms with Crippen molar-refractivity contribution >= 4 is 11.8 Å². The number of hydrogen-bond donors (Lipinski definition) is 2. The highest BCUT2D eigenvalue weighted by Gasteiger charge is 2.15. The average Bonchev–Trinajstić information content (AvgIpc) is 2.20. The molecule has 0 aliphatic rings. The Morgan fingerprint density at radius 2 is 2.12 bits per heavy atom. The summed E-state index contributed by atoms with van der Waals surface area (Å²) in [4.78, 5) is 22.4. The van der Waals surface area contributed by atoms with Crippen molar-refractivity contribution < 1.29 is 14.0 Å². The molecule has 0 bridgehead atoms. The van der Waals surface area contributed by atoms with Gasteiger partial charge < -0.3 is 11.1 Å². The maximum absolute atomic E-state index is 13.4. The van der Waals surface area contributed by atoms with Gasteiger partial charge in [-0.2, -0.15) is 0 Å². The monoisotopic (exact) mass is 238 g/mol. The lowest BCUT2D eigenvalue weighted by Crippen LogP contribution is -2.36. The molecule has 1 aromatic rings. The highest BCUT2D eigenvalue weighted by molar-refractivity contribution is 5.95. The highest BCUT2D eigenvalue weighted by atomic mass is 19.1.